The molecule has 1 atom stereocenters. The quantitative estimate of drug-likeness (QED) is 0.652. The van der Waals surface area contributed by atoms with Gasteiger partial charge < -0.3 is 10.8 Å². The SMILES string of the molecule is N[C@@H](CSCCC1C=CC=C1)C(=O)O. The molecule has 0 bridgehead atoms. The number of rotatable bonds is 6. The first kappa shape index (κ1) is 11.3. The summed E-state index contributed by atoms with van der Waals surface area (Å²) >= 11 is 1.60. The fraction of sp³-hybridized carbons (Fsp3) is 0.500. The Kier molecular flexibility index (Phi) is 4.76. The van der Waals surface area contributed by atoms with Crippen molar-refractivity contribution in [1.82, 2.24) is 0 Å². The van der Waals surface area contributed by atoms with Gasteiger partial charge >= 0.3 is 5.97 Å². The third-order valence-corrected chi connectivity index (χ3v) is 3.16. The predicted octanol–water partition coefficient (Wildman–Crippen LogP) is 1.26. The van der Waals surface area contributed by atoms with Crippen molar-refractivity contribution >= 4 is 17.7 Å². The molecule has 0 unspecified atom stereocenters. The van der Waals surface area contributed by atoms with E-state index in [-0.39, 0.29) is 0 Å². The molecule has 14 heavy (non-hydrogen) atoms. The van der Waals surface area contributed by atoms with E-state index >= 15 is 0 Å². The normalized spacial score (nSPS) is 17.5. The van der Waals surface area contributed by atoms with Crippen LogP contribution in [0.5, 0.6) is 0 Å². The Balaban J connectivity index is 2.01. The molecule has 0 spiro atoms. The second-order valence-corrected chi connectivity index (χ2v) is 4.39. The number of carbonyl (C=O) groups is 1. The maximum atomic E-state index is 10.4. The first-order chi connectivity index (χ1) is 6.70. The molecule has 3 N–H and O–H groups in total. The largest absolute Gasteiger partial charge is 0.480 e. The van der Waals surface area contributed by atoms with Gasteiger partial charge in [-0.15, -0.1) is 0 Å². The van der Waals surface area contributed by atoms with Crippen molar-refractivity contribution in [1.29, 1.82) is 0 Å². The molecule has 0 fully saturated rings. The van der Waals surface area contributed by atoms with Crippen LogP contribution in [0, 0.1) is 5.92 Å². The monoisotopic (exact) mass is 213 g/mol. The molecule has 0 saturated carbocycles. The van der Waals surface area contributed by atoms with Crippen LogP contribution in [0.2, 0.25) is 0 Å². The second kappa shape index (κ2) is 5.88. The average Bonchev–Trinajstić information content (AvgIpc) is 2.64. The fourth-order valence-electron chi connectivity index (χ4n) is 1.17. The smallest absolute Gasteiger partial charge is 0.321 e. The number of carboxylic acids is 1. The summed E-state index contributed by atoms with van der Waals surface area (Å²) in [6.07, 6.45) is 9.44. The minimum atomic E-state index is -0.918. The number of hydrogen-bond donors (Lipinski definition) is 2. The second-order valence-electron chi connectivity index (χ2n) is 3.24. The average molecular weight is 213 g/mol. The van der Waals surface area contributed by atoms with E-state index in [4.69, 9.17) is 10.8 Å². The van der Waals surface area contributed by atoms with Crippen LogP contribution in [0.4, 0.5) is 0 Å². The van der Waals surface area contributed by atoms with Gasteiger partial charge in [-0.2, -0.15) is 11.8 Å². The Hall–Kier alpha value is -0.740. The highest BCUT2D eigenvalue weighted by molar-refractivity contribution is 7.99. The highest BCUT2D eigenvalue weighted by atomic mass is 32.2. The minimum absolute atomic E-state index is 0.496. The van der Waals surface area contributed by atoms with Crippen LogP contribution in [0.3, 0.4) is 0 Å². The standard InChI is InChI=1S/C10H15NO2S/c11-9(10(12)13)7-14-6-5-8-3-1-2-4-8/h1-4,8-9H,5-7,11H2,(H,12,13)/t9-/m0/s1. The zero-order valence-corrected chi connectivity index (χ0v) is 8.74. The Morgan fingerprint density at radius 2 is 2.14 bits per heavy atom. The molecule has 4 heteroatoms. The summed E-state index contributed by atoms with van der Waals surface area (Å²) in [5.74, 6) is 1.07. The number of thioether (sulfide) groups is 1. The van der Waals surface area contributed by atoms with Crippen LogP contribution in [-0.2, 0) is 4.79 Å². The number of allylic oxidation sites excluding steroid dienone is 4. The molecule has 0 radical (unpaired) electrons. The van der Waals surface area contributed by atoms with Crippen molar-refractivity contribution in [2.24, 2.45) is 11.7 Å². The zero-order chi connectivity index (χ0) is 10.4. The van der Waals surface area contributed by atoms with Gasteiger partial charge in [-0.25, -0.2) is 0 Å². The van der Waals surface area contributed by atoms with E-state index in [9.17, 15) is 4.79 Å². The van der Waals surface area contributed by atoms with Crippen LogP contribution in [0.25, 0.3) is 0 Å². The summed E-state index contributed by atoms with van der Waals surface area (Å²) in [5, 5.41) is 8.53. The molecule has 3 nitrogen and oxygen atoms in total. The molecule has 0 saturated heterocycles. The first-order valence-corrected chi connectivity index (χ1v) is 5.76. The number of aliphatic carboxylic acids is 1. The topological polar surface area (TPSA) is 63.3 Å². The van der Waals surface area contributed by atoms with Crippen molar-refractivity contribution in [3.05, 3.63) is 24.3 Å². The molecule has 0 aromatic carbocycles. The lowest BCUT2D eigenvalue weighted by Crippen LogP contribution is -2.32. The van der Waals surface area contributed by atoms with Crippen LogP contribution < -0.4 is 5.73 Å². The zero-order valence-electron chi connectivity index (χ0n) is 7.93. The summed E-state index contributed by atoms with van der Waals surface area (Å²) in [6, 6.07) is -0.727. The van der Waals surface area contributed by atoms with Gasteiger partial charge in [0.15, 0.2) is 0 Å². The van der Waals surface area contributed by atoms with Gasteiger partial charge in [-0.1, -0.05) is 24.3 Å². The van der Waals surface area contributed by atoms with E-state index in [0.717, 1.165) is 12.2 Å². The molecule has 1 aliphatic carbocycles. The molecular formula is C10H15NO2S. The lowest BCUT2D eigenvalue weighted by molar-refractivity contribution is -0.137. The summed E-state index contributed by atoms with van der Waals surface area (Å²) in [6.45, 7) is 0. The predicted molar refractivity (Wildman–Crippen MR) is 59.3 cm³/mol. The molecule has 0 aliphatic heterocycles. The van der Waals surface area contributed by atoms with Crippen LogP contribution in [-0.4, -0.2) is 28.6 Å². The Morgan fingerprint density at radius 3 is 2.71 bits per heavy atom. The molecule has 1 rings (SSSR count). The van der Waals surface area contributed by atoms with Gasteiger partial charge in [0.2, 0.25) is 0 Å². The highest BCUT2D eigenvalue weighted by Gasteiger charge is 2.11. The van der Waals surface area contributed by atoms with Crippen LogP contribution in [0.1, 0.15) is 6.42 Å². The summed E-state index contributed by atoms with van der Waals surface area (Å²) in [4.78, 5) is 10.4. The summed E-state index contributed by atoms with van der Waals surface area (Å²) < 4.78 is 0. The van der Waals surface area contributed by atoms with Gasteiger partial charge in [-0.05, 0) is 18.1 Å². The molecular weight excluding hydrogens is 198 g/mol. The maximum Gasteiger partial charge on any atom is 0.321 e. The number of nitrogens with two attached hydrogens (primary N) is 1. The summed E-state index contributed by atoms with van der Waals surface area (Å²) in [5.41, 5.74) is 5.36. The maximum absolute atomic E-state index is 10.4. The van der Waals surface area contributed by atoms with Crippen molar-refractivity contribution in [3.8, 4) is 0 Å². The molecule has 0 aromatic heterocycles. The van der Waals surface area contributed by atoms with Gasteiger partial charge in [0.1, 0.15) is 6.04 Å². The van der Waals surface area contributed by atoms with Crippen molar-refractivity contribution in [2.45, 2.75) is 12.5 Å². The van der Waals surface area contributed by atoms with Crippen LogP contribution in [0.15, 0.2) is 24.3 Å². The van der Waals surface area contributed by atoms with E-state index < -0.39 is 12.0 Å². The third-order valence-electron chi connectivity index (χ3n) is 2.04. The minimum Gasteiger partial charge on any atom is -0.480 e. The molecule has 0 aromatic rings. The lowest BCUT2D eigenvalue weighted by Gasteiger charge is -2.07. The molecule has 1 aliphatic rings. The van der Waals surface area contributed by atoms with Gasteiger partial charge in [0, 0.05) is 5.75 Å². The van der Waals surface area contributed by atoms with E-state index in [1.165, 1.54) is 0 Å². The number of carboxylic acid groups (broad SMARTS) is 1. The van der Waals surface area contributed by atoms with Gasteiger partial charge in [-0.3, -0.25) is 4.79 Å². The van der Waals surface area contributed by atoms with E-state index in [1.54, 1.807) is 11.8 Å². The van der Waals surface area contributed by atoms with Crippen LogP contribution >= 0.6 is 11.8 Å². The van der Waals surface area contributed by atoms with Crippen molar-refractivity contribution in [2.75, 3.05) is 11.5 Å². The van der Waals surface area contributed by atoms with E-state index in [1.807, 2.05) is 12.2 Å². The van der Waals surface area contributed by atoms with Gasteiger partial charge in [0.25, 0.3) is 0 Å². The van der Waals surface area contributed by atoms with E-state index in [0.29, 0.717) is 11.7 Å². The third kappa shape index (κ3) is 3.98. The number of hydrogen-bond acceptors (Lipinski definition) is 3. The van der Waals surface area contributed by atoms with Crippen molar-refractivity contribution < 1.29 is 9.90 Å². The Bertz CT molecular complexity index is 239. The van der Waals surface area contributed by atoms with E-state index in [2.05, 4.69) is 12.2 Å². The molecule has 0 amide bonds. The fourth-order valence-corrected chi connectivity index (χ4v) is 2.17. The molecule has 0 heterocycles. The summed E-state index contributed by atoms with van der Waals surface area (Å²) in [7, 11) is 0. The van der Waals surface area contributed by atoms with Gasteiger partial charge in [0.05, 0.1) is 0 Å². The lowest BCUT2D eigenvalue weighted by atomic mass is 10.1. The molecule has 78 valence electrons. The highest BCUT2D eigenvalue weighted by Crippen LogP contribution is 2.16. The first-order valence-electron chi connectivity index (χ1n) is 4.61. The Morgan fingerprint density at radius 1 is 1.50 bits per heavy atom. The Labute approximate surface area is 88.1 Å². The van der Waals surface area contributed by atoms with Crippen molar-refractivity contribution in [3.63, 3.8) is 0 Å².